The predicted molar refractivity (Wildman–Crippen MR) is 141 cm³/mol. The topological polar surface area (TPSA) is 91.4 Å². The van der Waals surface area contributed by atoms with Crippen molar-refractivity contribution in [2.24, 2.45) is 0 Å². The van der Waals surface area contributed by atoms with Crippen molar-refractivity contribution in [3.63, 3.8) is 0 Å². The first-order valence-corrected chi connectivity index (χ1v) is 13.1. The summed E-state index contributed by atoms with van der Waals surface area (Å²) >= 11 is 2.68. The third-order valence-electron chi connectivity index (χ3n) is 5.94. The average Bonchev–Trinajstić information content (AvgIpc) is 3.50. The lowest BCUT2D eigenvalue weighted by molar-refractivity contribution is 0.0723. The molecular weight excluding hydrogens is 480 g/mol. The third kappa shape index (κ3) is 5.11. The van der Waals surface area contributed by atoms with E-state index in [0.29, 0.717) is 26.8 Å². The quantitative estimate of drug-likeness (QED) is 0.360. The Hall–Kier alpha value is -3.56. The van der Waals surface area contributed by atoms with Gasteiger partial charge in [-0.25, -0.2) is 4.98 Å². The molecule has 2 aromatic carbocycles. The molecule has 9 heteroatoms. The van der Waals surface area contributed by atoms with Crippen LogP contribution in [-0.4, -0.2) is 40.7 Å². The van der Waals surface area contributed by atoms with Crippen molar-refractivity contribution in [2.75, 3.05) is 23.7 Å². The maximum atomic E-state index is 12.9. The van der Waals surface area contributed by atoms with Crippen molar-refractivity contribution in [1.82, 2.24) is 9.88 Å². The number of aryl methyl sites for hydroxylation is 1. The van der Waals surface area contributed by atoms with E-state index in [1.807, 2.05) is 30.0 Å². The van der Waals surface area contributed by atoms with E-state index < -0.39 is 0 Å². The van der Waals surface area contributed by atoms with Gasteiger partial charge in [0, 0.05) is 24.2 Å². The van der Waals surface area contributed by atoms with Gasteiger partial charge in [-0.05, 0) is 79.6 Å². The Morgan fingerprint density at radius 1 is 0.886 bits per heavy atom. The van der Waals surface area contributed by atoms with Gasteiger partial charge in [-0.2, -0.15) is 0 Å². The number of aromatic nitrogens is 1. The molecule has 4 aromatic rings. The second kappa shape index (κ2) is 9.97. The second-order valence-electron chi connectivity index (χ2n) is 8.49. The number of benzene rings is 2. The number of nitrogens with one attached hydrogen (secondary N) is 2. The van der Waals surface area contributed by atoms with Gasteiger partial charge >= 0.3 is 0 Å². The molecule has 0 atom stereocenters. The van der Waals surface area contributed by atoms with E-state index in [9.17, 15) is 14.4 Å². The van der Waals surface area contributed by atoms with E-state index in [4.69, 9.17) is 0 Å². The summed E-state index contributed by atoms with van der Waals surface area (Å²) in [5.41, 5.74) is 3.31. The van der Waals surface area contributed by atoms with Crippen LogP contribution in [0, 0.1) is 6.92 Å². The monoisotopic (exact) mass is 504 g/mol. The number of piperidine rings is 1. The predicted octanol–water partition coefficient (Wildman–Crippen LogP) is 5.80. The van der Waals surface area contributed by atoms with Crippen LogP contribution in [0.4, 0.5) is 10.1 Å². The number of hydrogen-bond acceptors (Lipinski definition) is 6. The van der Waals surface area contributed by atoms with Crippen LogP contribution in [0.3, 0.4) is 0 Å². The largest absolute Gasteiger partial charge is 0.339 e. The van der Waals surface area contributed by atoms with E-state index in [2.05, 4.69) is 15.6 Å². The lowest BCUT2D eigenvalue weighted by atomic mass is 10.1. The zero-order valence-corrected chi connectivity index (χ0v) is 20.8. The molecule has 7 nitrogen and oxygen atoms in total. The maximum Gasteiger partial charge on any atom is 0.260 e. The molecule has 2 aromatic heterocycles. The van der Waals surface area contributed by atoms with Gasteiger partial charge in [0.2, 0.25) is 0 Å². The summed E-state index contributed by atoms with van der Waals surface area (Å²) in [6.07, 6.45) is 3.22. The van der Waals surface area contributed by atoms with E-state index in [1.54, 1.807) is 35.7 Å². The number of fused-ring (bicyclic) bond motifs is 1. The van der Waals surface area contributed by atoms with E-state index >= 15 is 0 Å². The summed E-state index contributed by atoms with van der Waals surface area (Å²) in [6, 6.07) is 14.3. The van der Waals surface area contributed by atoms with Gasteiger partial charge in [0.05, 0.1) is 15.8 Å². The van der Waals surface area contributed by atoms with Crippen molar-refractivity contribution in [1.29, 1.82) is 0 Å². The van der Waals surface area contributed by atoms with Gasteiger partial charge in [-0.1, -0.05) is 17.4 Å². The van der Waals surface area contributed by atoms with Crippen LogP contribution in [0.5, 0.6) is 0 Å². The Kier molecular flexibility index (Phi) is 6.61. The number of carbonyl (C=O) groups excluding carboxylic acids is 3. The van der Waals surface area contributed by atoms with Crippen molar-refractivity contribution in [3.05, 3.63) is 76.2 Å². The fourth-order valence-electron chi connectivity index (χ4n) is 4.06. The molecule has 3 heterocycles. The number of thiophene rings is 1. The first-order valence-electron chi connectivity index (χ1n) is 11.4. The molecule has 1 aliphatic heterocycles. The highest BCUT2D eigenvalue weighted by molar-refractivity contribution is 7.22. The molecule has 0 radical (unpaired) electrons. The summed E-state index contributed by atoms with van der Waals surface area (Å²) in [5, 5.41) is 8.39. The summed E-state index contributed by atoms with van der Waals surface area (Å²) < 4.78 is 0.993. The number of rotatable bonds is 5. The number of carbonyl (C=O) groups is 3. The lowest BCUT2D eigenvalue weighted by Crippen LogP contribution is -2.35. The highest BCUT2D eigenvalue weighted by Gasteiger charge is 2.20. The van der Waals surface area contributed by atoms with Gasteiger partial charge in [0.15, 0.2) is 5.13 Å². The highest BCUT2D eigenvalue weighted by Crippen LogP contribution is 2.29. The summed E-state index contributed by atoms with van der Waals surface area (Å²) in [4.78, 5) is 44.7. The standard InChI is InChI=1S/C26H24N4O3S2/c1-16-5-10-21-20(15-16)27-26(35-21)29-23(32)19-11-14-34-24(19)28-22(31)17-6-8-18(9-7-17)25(33)30-12-3-2-4-13-30/h5-11,14-15H,2-4,12-13H2,1H3,(H,28,31)(H,27,29,32). The fourth-order valence-corrected chi connectivity index (χ4v) is 5.68. The van der Waals surface area contributed by atoms with Crippen LogP contribution in [0.25, 0.3) is 10.2 Å². The minimum absolute atomic E-state index is 0.00104. The molecule has 0 saturated carbocycles. The molecule has 178 valence electrons. The first kappa shape index (κ1) is 23.2. The van der Waals surface area contributed by atoms with Crippen LogP contribution in [0.15, 0.2) is 53.9 Å². The molecule has 5 rings (SSSR count). The molecule has 1 saturated heterocycles. The Balaban J connectivity index is 1.25. The molecule has 35 heavy (non-hydrogen) atoms. The third-order valence-corrected chi connectivity index (χ3v) is 7.72. The molecule has 0 bridgehead atoms. The van der Waals surface area contributed by atoms with Crippen LogP contribution in [0.1, 0.15) is 55.9 Å². The Bertz CT molecular complexity index is 1400. The van der Waals surface area contributed by atoms with Gasteiger partial charge in [-0.15, -0.1) is 11.3 Å². The number of thiazole rings is 1. The Morgan fingerprint density at radius 3 is 2.40 bits per heavy atom. The number of nitrogens with zero attached hydrogens (tertiary/aromatic N) is 2. The molecular formula is C26H24N4O3S2. The molecule has 1 fully saturated rings. The van der Waals surface area contributed by atoms with E-state index in [0.717, 1.165) is 48.1 Å². The molecule has 2 N–H and O–H groups in total. The van der Waals surface area contributed by atoms with Gasteiger partial charge in [0.25, 0.3) is 17.7 Å². The average molecular weight is 505 g/mol. The van der Waals surface area contributed by atoms with Gasteiger partial charge in [0.1, 0.15) is 5.00 Å². The number of amides is 3. The van der Waals surface area contributed by atoms with Crippen LogP contribution in [-0.2, 0) is 0 Å². The lowest BCUT2D eigenvalue weighted by Gasteiger charge is -2.26. The molecule has 0 aliphatic carbocycles. The van der Waals surface area contributed by atoms with E-state index in [1.165, 1.54) is 22.7 Å². The SMILES string of the molecule is Cc1ccc2sc(NC(=O)c3ccsc3NC(=O)c3ccc(C(=O)N4CCCCC4)cc3)nc2c1. The van der Waals surface area contributed by atoms with E-state index in [-0.39, 0.29) is 17.7 Å². The molecule has 0 spiro atoms. The smallest absolute Gasteiger partial charge is 0.260 e. The zero-order chi connectivity index (χ0) is 24.4. The number of hydrogen-bond donors (Lipinski definition) is 2. The molecule has 1 aliphatic rings. The van der Waals surface area contributed by atoms with Crippen molar-refractivity contribution >= 4 is 60.7 Å². The van der Waals surface area contributed by atoms with Crippen molar-refractivity contribution in [2.45, 2.75) is 26.2 Å². The summed E-state index contributed by atoms with van der Waals surface area (Å²) in [5.74, 6) is -0.674. The Morgan fingerprint density at radius 2 is 1.63 bits per heavy atom. The summed E-state index contributed by atoms with van der Waals surface area (Å²) in [7, 11) is 0. The van der Waals surface area contributed by atoms with Gasteiger partial charge in [-0.3, -0.25) is 19.7 Å². The maximum absolute atomic E-state index is 12.9. The highest BCUT2D eigenvalue weighted by atomic mass is 32.1. The number of likely N-dealkylation sites (tertiary alicyclic amines) is 1. The fraction of sp³-hybridized carbons (Fsp3) is 0.231. The minimum Gasteiger partial charge on any atom is -0.339 e. The van der Waals surface area contributed by atoms with Crippen LogP contribution < -0.4 is 10.6 Å². The minimum atomic E-state index is -0.339. The summed E-state index contributed by atoms with van der Waals surface area (Å²) in [6.45, 7) is 3.55. The van der Waals surface area contributed by atoms with Crippen LogP contribution >= 0.6 is 22.7 Å². The molecule has 3 amide bonds. The van der Waals surface area contributed by atoms with Crippen molar-refractivity contribution < 1.29 is 14.4 Å². The van der Waals surface area contributed by atoms with Crippen molar-refractivity contribution in [3.8, 4) is 0 Å². The van der Waals surface area contributed by atoms with Crippen LogP contribution in [0.2, 0.25) is 0 Å². The second-order valence-corrected chi connectivity index (χ2v) is 10.4. The zero-order valence-electron chi connectivity index (χ0n) is 19.2. The normalized spacial score (nSPS) is 13.6. The first-order chi connectivity index (χ1) is 17.0. The molecule has 0 unspecified atom stereocenters. The van der Waals surface area contributed by atoms with Gasteiger partial charge < -0.3 is 10.2 Å². The number of anilines is 2. The Labute approximate surface area is 210 Å².